The highest BCUT2D eigenvalue weighted by Crippen LogP contribution is 2.38. The summed E-state index contributed by atoms with van der Waals surface area (Å²) in [5.74, 6) is -0.681. The van der Waals surface area contributed by atoms with Gasteiger partial charge in [0, 0.05) is 47.5 Å². The quantitative estimate of drug-likeness (QED) is 0.450. The Balaban J connectivity index is 1.60. The van der Waals surface area contributed by atoms with Crippen LogP contribution in [0.25, 0.3) is 6.08 Å². The van der Waals surface area contributed by atoms with Gasteiger partial charge in [-0.05, 0) is 64.3 Å². The summed E-state index contributed by atoms with van der Waals surface area (Å²) in [6.45, 7) is 7.74. The monoisotopic (exact) mass is 354 g/mol. The SMILES string of the molecule is Cc1cc(C(=O)COC(=O)/C=C/c2cc(C)n(C3CC3)c2C)c(C)n1C. The Morgan fingerprint density at radius 2 is 1.81 bits per heavy atom. The Hall–Kier alpha value is -2.56. The van der Waals surface area contributed by atoms with Crippen molar-refractivity contribution >= 4 is 17.8 Å². The molecule has 0 bridgehead atoms. The van der Waals surface area contributed by atoms with Crippen LogP contribution in [0.5, 0.6) is 0 Å². The third-order valence-electron chi connectivity index (χ3n) is 5.26. The van der Waals surface area contributed by atoms with E-state index in [1.165, 1.54) is 30.3 Å². The third-order valence-corrected chi connectivity index (χ3v) is 5.26. The number of aryl methyl sites for hydroxylation is 2. The molecule has 1 aliphatic rings. The number of rotatable bonds is 6. The Labute approximate surface area is 154 Å². The van der Waals surface area contributed by atoms with Crippen molar-refractivity contribution in [2.75, 3.05) is 6.61 Å². The average molecular weight is 354 g/mol. The van der Waals surface area contributed by atoms with Crippen molar-refractivity contribution in [1.82, 2.24) is 9.13 Å². The molecule has 2 aromatic rings. The van der Waals surface area contributed by atoms with Gasteiger partial charge >= 0.3 is 5.97 Å². The zero-order chi connectivity index (χ0) is 19.0. The molecule has 0 N–H and O–H groups in total. The van der Waals surface area contributed by atoms with Gasteiger partial charge < -0.3 is 13.9 Å². The van der Waals surface area contributed by atoms with Gasteiger partial charge in [0.05, 0.1) is 0 Å². The maximum Gasteiger partial charge on any atom is 0.331 e. The van der Waals surface area contributed by atoms with Crippen LogP contribution in [0, 0.1) is 27.7 Å². The van der Waals surface area contributed by atoms with Gasteiger partial charge in [0.15, 0.2) is 6.61 Å². The van der Waals surface area contributed by atoms with E-state index in [1.807, 2.05) is 31.5 Å². The second-order valence-corrected chi connectivity index (χ2v) is 7.14. The standard InChI is InChI=1S/C21H26N2O3/c1-13-11-19(16(4)22(13)5)20(24)12-26-21(25)9-6-17-10-14(2)23(15(17)3)18-7-8-18/h6,9-11,18H,7-8,12H2,1-5H3/b9-6+. The van der Waals surface area contributed by atoms with Crippen molar-refractivity contribution in [2.24, 2.45) is 7.05 Å². The Morgan fingerprint density at radius 3 is 2.38 bits per heavy atom. The van der Waals surface area contributed by atoms with Crippen molar-refractivity contribution in [3.63, 3.8) is 0 Å². The molecule has 1 aliphatic carbocycles. The van der Waals surface area contributed by atoms with Crippen LogP contribution in [0.4, 0.5) is 0 Å². The van der Waals surface area contributed by atoms with Crippen molar-refractivity contribution in [3.8, 4) is 0 Å². The first-order valence-corrected chi connectivity index (χ1v) is 8.99. The third kappa shape index (κ3) is 3.52. The van der Waals surface area contributed by atoms with Gasteiger partial charge in [-0.2, -0.15) is 0 Å². The van der Waals surface area contributed by atoms with Crippen molar-refractivity contribution < 1.29 is 14.3 Å². The molecule has 26 heavy (non-hydrogen) atoms. The highest BCUT2D eigenvalue weighted by Gasteiger charge is 2.26. The molecule has 0 spiro atoms. The number of hydrogen-bond donors (Lipinski definition) is 0. The minimum atomic E-state index is -0.500. The molecule has 0 aliphatic heterocycles. The number of carbonyl (C=O) groups excluding carboxylic acids is 2. The molecule has 2 heterocycles. The lowest BCUT2D eigenvalue weighted by Gasteiger charge is -2.06. The summed E-state index contributed by atoms with van der Waals surface area (Å²) >= 11 is 0. The summed E-state index contributed by atoms with van der Waals surface area (Å²) in [4.78, 5) is 24.3. The lowest BCUT2D eigenvalue weighted by Crippen LogP contribution is -2.13. The van der Waals surface area contributed by atoms with E-state index < -0.39 is 5.97 Å². The molecular formula is C21H26N2O3. The highest BCUT2D eigenvalue weighted by molar-refractivity contribution is 6.00. The minimum Gasteiger partial charge on any atom is -0.454 e. The van der Waals surface area contributed by atoms with Gasteiger partial charge in [-0.15, -0.1) is 0 Å². The number of ketones is 1. The second kappa shape index (κ2) is 6.98. The number of carbonyl (C=O) groups is 2. The molecule has 1 saturated carbocycles. The van der Waals surface area contributed by atoms with Crippen LogP contribution in [0.3, 0.4) is 0 Å². The summed E-state index contributed by atoms with van der Waals surface area (Å²) in [5, 5.41) is 0. The number of aromatic nitrogens is 2. The maximum absolute atomic E-state index is 12.3. The predicted octanol–water partition coefficient (Wildman–Crippen LogP) is 3.83. The van der Waals surface area contributed by atoms with Crippen LogP contribution in [-0.4, -0.2) is 27.5 Å². The van der Waals surface area contributed by atoms with E-state index in [0.29, 0.717) is 11.6 Å². The van der Waals surface area contributed by atoms with E-state index >= 15 is 0 Å². The average Bonchev–Trinajstić information content (AvgIpc) is 3.34. The van der Waals surface area contributed by atoms with Crippen LogP contribution in [0.1, 0.15) is 57.6 Å². The fourth-order valence-corrected chi connectivity index (χ4v) is 3.42. The largest absolute Gasteiger partial charge is 0.454 e. The minimum absolute atomic E-state index is 0.181. The summed E-state index contributed by atoms with van der Waals surface area (Å²) < 4.78 is 9.41. The van der Waals surface area contributed by atoms with E-state index in [0.717, 1.165) is 17.0 Å². The number of esters is 1. The first kappa shape index (κ1) is 18.2. The fraction of sp³-hybridized carbons (Fsp3) is 0.429. The second-order valence-electron chi connectivity index (χ2n) is 7.14. The normalized spacial score (nSPS) is 14.2. The van der Waals surface area contributed by atoms with Crippen LogP contribution < -0.4 is 0 Å². The molecule has 1 fully saturated rings. The Kier molecular flexibility index (Phi) is 4.90. The van der Waals surface area contributed by atoms with E-state index in [2.05, 4.69) is 24.5 Å². The van der Waals surface area contributed by atoms with E-state index in [-0.39, 0.29) is 12.4 Å². The molecule has 3 rings (SSSR count). The maximum atomic E-state index is 12.3. The predicted molar refractivity (Wildman–Crippen MR) is 101 cm³/mol. The van der Waals surface area contributed by atoms with Gasteiger partial charge in [-0.3, -0.25) is 4.79 Å². The topological polar surface area (TPSA) is 53.2 Å². The molecular weight excluding hydrogens is 328 g/mol. The van der Waals surface area contributed by atoms with E-state index in [4.69, 9.17) is 4.74 Å². The Morgan fingerprint density at radius 1 is 1.12 bits per heavy atom. The summed E-state index contributed by atoms with van der Waals surface area (Å²) in [5.41, 5.74) is 5.89. The summed E-state index contributed by atoms with van der Waals surface area (Å²) in [7, 11) is 1.91. The molecule has 0 saturated heterocycles. The number of Topliss-reactive ketones (excluding diaryl/α,β-unsaturated/α-hetero) is 1. The number of ether oxygens (including phenoxy) is 1. The van der Waals surface area contributed by atoms with Gasteiger partial charge in [0.2, 0.25) is 5.78 Å². The number of hydrogen-bond acceptors (Lipinski definition) is 3. The van der Waals surface area contributed by atoms with Crippen LogP contribution in [0.2, 0.25) is 0 Å². The van der Waals surface area contributed by atoms with Gasteiger partial charge in [0.1, 0.15) is 0 Å². The van der Waals surface area contributed by atoms with E-state index in [1.54, 1.807) is 6.08 Å². The van der Waals surface area contributed by atoms with Crippen molar-refractivity contribution in [1.29, 1.82) is 0 Å². The molecule has 138 valence electrons. The van der Waals surface area contributed by atoms with Crippen molar-refractivity contribution in [3.05, 3.63) is 52.1 Å². The zero-order valence-corrected chi connectivity index (χ0v) is 16.1. The fourth-order valence-electron chi connectivity index (χ4n) is 3.42. The molecule has 0 aromatic carbocycles. The highest BCUT2D eigenvalue weighted by atomic mass is 16.5. The smallest absolute Gasteiger partial charge is 0.331 e. The summed E-state index contributed by atoms with van der Waals surface area (Å²) in [6, 6.07) is 4.52. The Bertz CT molecular complexity index is 895. The van der Waals surface area contributed by atoms with Gasteiger partial charge in [-0.1, -0.05) is 0 Å². The van der Waals surface area contributed by atoms with Crippen LogP contribution >= 0.6 is 0 Å². The molecule has 2 aromatic heterocycles. The van der Waals surface area contributed by atoms with Crippen molar-refractivity contribution in [2.45, 2.75) is 46.6 Å². The molecule has 5 nitrogen and oxygen atoms in total. The first-order valence-electron chi connectivity index (χ1n) is 8.99. The molecule has 0 unspecified atom stereocenters. The van der Waals surface area contributed by atoms with E-state index in [9.17, 15) is 9.59 Å². The lowest BCUT2D eigenvalue weighted by molar-refractivity contribution is -0.136. The number of nitrogens with zero attached hydrogens (tertiary/aromatic N) is 2. The molecule has 0 radical (unpaired) electrons. The molecule has 0 amide bonds. The van der Waals surface area contributed by atoms with Crippen LogP contribution in [0.15, 0.2) is 18.2 Å². The zero-order valence-electron chi connectivity index (χ0n) is 16.1. The first-order chi connectivity index (χ1) is 12.3. The summed E-state index contributed by atoms with van der Waals surface area (Å²) in [6.07, 6.45) is 5.62. The van der Waals surface area contributed by atoms with Gasteiger partial charge in [0.25, 0.3) is 0 Å². The molecule has 0 atom stereocenters. The van der Waals surface area contributed by atoms with Crippen LogP contribution in [-0.2, 0) is 16.6 Å². The van der Waals surface area contributed by atoms with Gasteiger partial charge in [-0.25, -0.2) is 4.79 Å². The molecule has 5 heteroatoms. The lowest BCUT2D eigenvalue weighted by atomic mass is 10.1.